The number of hydrogen-bond acceptors (Lipinski definition) is 0. The molecule has 2 heteroatoms. The molecule has 0 atom stereocenters. The molecule has 0 saturated carbocycles. The van der Waals surface area contributed by atoms with Gasteiger partial charge >= 0.3 is 0 Å². The van der Waals surface area contributed by atoms with E-state index in [-0.39, 0.29) is 0 Å². The van der Waals surface area contributed by atoms with Crippen LogP contribution in [0.2, 0.25) is 0 Å². The van der Waals surface area contributed by atoms with E-state index >= 15 is 0 Å². The molecule has 0 aromatic heterocycles. The first-order valence-corrected chi connectivity index (χ1v) is 4.99. The van der Waals surface area contributed by atoms with Crippen LogP contribution in [0.15, 0.2) is 24.4 Å². The summed E-state index contributed by atoms with van der Waals surface area (Å²) in [5, 5.41) is 1.16. The Hall–Kier alpha value is -0.0131. The molecule has 0 aromatic carbocycles. The van der Waals surface area contributed by atoms with Crippen LogP contribution in [0.4, 0.5) is 0 Å². The van der Waals surface area contributed by atoms with Gasteiger partial charge in [-0.2, -0.15) is 11.1 Å². The summed E-state index contributed by atoms with van der Waals surface area (Å²) in [6.07, 6.45) is 2.73. The Bertz CT molecular complexity index is 78.1. The molecular weight excluding hydrogens is 124 g/mol. The van der Waals surface area contributed by atoms with Crippen LogP contribution in [0, 0.1) is 0 Å². The van der Waals surface area contributed by atoms with Gasteiger partial charge in [-0.15, -0.1) is 13.2 Å². The number of halogens is 1. The van der Waals surface area contributed by atoms with E-state index in [1.165, 1.54) is 0 Å². The molecule has 0 bridgehead atoms. The van der Waals surface area contributed by atoms with Crippen LogP contribution in [-0.2, 0) is 0 Å². The third-order valence-electron chi connectivity index (χ3n) is 0.622. The van der Waals surface area contributed by atoms with Gasteiger partial charge in [0.1, 0.15) is 0 Å². The van der Waals surface area contributed by atoms with Crippen LogP contribution in [0.5, 0.6) is 0 Å². The van der Waals surface area contributed by atoms with E-state index in [1.807, 2.05) is 6.08 Å². The summed E-state index contributed by atoms with van der Waals surface area (Å²) in [6.45, 7) is 7.27. The van der Waals surface area contributed by atoms with Crippen LogP contribution in [0.3, 0.4) is 0 Å². The van der Waals surface area contributed by atoms with E-state index in [2.05, 4.69) is 13.2 Å². The maximum atomic E-state index is 5.52. The molecule has 0 aliphatic heterocycles. The van der Waals surface area contributed by atoms with E-state index in [0.717, 1.165) is 11.6 Å². The van der Waals surface area contributed by atoms with Gasteiger partial charge in [0.2, 0.25) is 0 Å². The lowest BCUT2D eigenvalue weighted by molar-refractivity contribution is 1.38. The van der Waals surface area contributed by atoms with Crippen molar-refractivity contribution in [3.8, 4) is 0 Å². The van der Waals surface area contributed by atoms with Gasteiger partial charge in [0.15, 0.2) is 8.83 Å². The highest BCUT2D eigenvalue weighted by Gasteiger charge is 1.83. The van der Waals surface area contributed by atoms with E-state index in [0.29, 0.717) is 0 Å². The molecule has 40 valence electrons. The predicted molar refractivity (Wildman–Crippen MR) is 38.4 cm³/mol. The molecule has 0 aliphatic rings. The van der Waals surface area contributed by atoms with Gasteiger partial charge in [0, 0.05) is 0 Å². The maximum Gasteiger partial charge on any atom is 0.151 e. The normalized spacial score (nSPS) is 9.86. The Morgan fingerprint density at radius 2 is 2.43 bits per heavy atom. The summed E-state index contributed by atoms with van der Waals surface area (Å²) < 4.78 is 0. The molecule has 0 heterocycles. The lowest BCUT2D eigenvalue weighted by Crippen LogP contribution is -1.81. The standard InChI is InChI=1S/C5H9ClSi/c1-3-4-5(2)7-6/h3H,1-2,4,7H2. The fourth-order valence-corrected chi connectivity index (χ4v) is 0.899. The average molecular weight is 133 g/mol. The topological polar surface area (TPSA) is 0 Å². The molecule has 0 unspecified atom stereocenters. The number of rotatable bonds is 3. The second-order valence-corrected chi connectivity index (χ2v) is 3.45. The summed E-state index contributed by atoms with van der Waals surface area (Å²) in [5.74, 6) is 0. The van der Waals surface area contributed by atoms with Crippen molar-refractivity contribution in [2.24, 2.45) is 0 Å². The van der Waals surface area contributed by atoms with Crippen LogP contribution < -0.4 is 0 Å². The molecule has 0 fully saturated rings. The molecule has 0 amide bonds. The number of hydrogen-bond donors (Lipinski definition) is 0. The zero-order valence-corrected chi connectivity index (χ0v) is 6.45. The largest absolute Gasteiger partial charge is 0.170 e. The van der Waals surface area contributed by atoms with E-state index in [9.17, 15) is 0 Å². The summed E-state index contributed by atoms with van der Waals surface area (Å²) in [7, 11) is -0.466. The summed E-state index contributed by atoms with van der Waals surface area (Å²) in [5.41, 5.74) is 0. The molecule has 0 radical (unpaired) electrons. The molecule has 0 nitrogen and oxygen atoms in total. The van der Waals surface area contributed by atoms with E-state index in [4.69, 9.17) is 11.1 Å². The Morgan fingerprint density at radius 1 is 1.86 bits per heavy atom. The van der Waals surface area contributed by atoms with Crippen molar-refractivity contribution < 1.29 is 0 Å². The fourth-order valence-electron chi connectivity index (χ4n) is 0.259. The fraction of sp³-hybridized carbons (Fsp3) is 0.200. The first-order chi connectivity index (χ1) is 3.31. The quantitative estimate of drug-likeness (QED) is 0.310. The zero-order valence-electron chi connectivity index (χ0n) is 4.28. The van der Waals surface area contributed by atoms with Gasteiger partial charge in [0.05, 0.1) is 0 Å². The van der Waals surface area contributed by atoms with Gasteiger partial charge in [0.25, 0.3) is 0 Å². The molecule has 0 aliphatic carbocycles. The monoisotopic (exact) mass is 132 g/mol. The molecule has 0 saturated heterocycles. The Balaban J connectivity index is 3.17. The third kappa shape index (κ3) is 3.83. The molecule has 0 rings (SSSR count). The lowest BCUT2D eigenvalue weighted by atomic mass is 10.4. The molecule has 0 N–H and O–H groups in total. The van der Waals surface area contributed by atoms with Crippen LogP contribution >= 0.6 is 11.1 Å². The smallest absolute Gasteiger partial charge is 0.151 e. The van der Waals surface area contributed by atoms with E-state index in [1.54, 1.807) is 0 Å². The van der Waals surface area contributed by atoms with Crippen molar-refractivity contribution in [3.05, 3.63) is 24.4 Å². The molecular formula is C5H9ClSi. The molecule has 0 spiro atoms. The van der Waals surface area contributed by atoms with Crippen molar-refractivity contribution in [1.82, 2.24) is 0 Å². The highest BCUT2D eigenvalue weighted by atomic mass is 35.6. The van der Waals surface area contributed by atoms with Gasteiger partial charge in [-0.1, -0.05) is 11.3 Å². The van der Waals surface area contributed by atoms with Gasteiger partial charge in [-0.05, 0) is 6.42 Å². The minimum Gasteiger partial charge on any atom is -0.170 e. The first kappa shape index (κ1) is 6.99. The van der Waals surface area contributed by atoms with Crippen molar-refractivity contribution >= 4 is 19.9 Å². The molecule has 7 heavy (non-hydrogen) atoms. The Morgan fingerprint density at radius 3 is 2.57 bits per heavy atom. The second kappa shape index (κ2) is 4.15. The van der Waals surface area contributed by atoms with Gasteiger partial charge < -0.3 is 0 Å². The lowest BCUT2D eigenvalue weighted by Gasteiger charge is -1.88. The Kier molecular flexibility index (Phi) is 4.15. The van der Waals surface area contributed by atoms with Crippen LogP contribution in [0.25, 0.3) is 0 Å². The Labute approximate surface area is 51.4 Å². The van der Waals surface area contributed by atoms with Crippen LogP contribution in [0.1, 0.15) is 6.42 Å². The third-order valence-corrected chi connectivity index (χ3v) is 2.42. The minimum atomic E-state index is -0.466. The van der Waals surface area contributed by atoms with Crippen molar-refractivity contribution in [1.29, 1.82) is 0 Å². The maximum absolute atomic E-state index is 5.52. The number of allylic oxidation sites excluding steroid dienone is 2. The highest BCUT2D eigenvalue weighted by Crippen LogP contribution is 1.96. The van der Waals surface area contributed by atoms with Crippen molar-refractivity contribution in [2.75, 3.05) is 0 Å². The van der Waals surface area contributed by atoms with Crippen molar-refractivity contribution in [2.45, 2.75) is 6.42 Å². The van der Waals surface area contributed by atoms with E-state index < -0.39 is 8.83 Å². The summed E-state index contributed by atoms with van der Waals surface area (Å²) >= 11 is 5.52. The predicted octanol–water partition coefficient (Wildman–Crippen LogP) is 1.40. The van der Waals surface area contributed by atoms with Gasteiger partial charge in [-0.3, -0.25) is 0 Å². The second-order valence-electron chi connectivity index (χ2n) is 1.38. The SMILES string of the molecule is C=CCC(=C)[SiH2]Cl. The summed E-state index contributed by atoms with van der Waals surface area (Å²) in [4.78, 5) is 0. The molecule has 0 aromatic rings. The minimum absolute atomic E-state index is 0.466. The summed E-state index contributed by atoms with van der Waals surface area (Å²) in [6, 6.07) is 0. The zero-order chi connectivity index (χ0) is 5.70. The highest BCUT2D eigenvalue weighted by molar-refractivity contribution is 6.97. The van der Waals surface area contributed by atoms with Crippen molar-refractivity contribution in [3.63, 3.8) is 0 Å². The van der Waals surface area contributed by atoms with Crippen LogP contribution in [-0.4, -0.2) is 8.83 Å². The van der Waals surface area contributed by atoms with Gasteiger partial charge in [-0.25, -0.2) is 0 Å². The average Bonchev–Trinajstić information content (AvgIpc) is 1.68. The first-order valence-electron chi connectivity index (χ1n) is 2.14.